The second-order valence-electron chi connectivity index (χ2n) is 9.97. The lowest BCUT2D eigenvalue weighted by molar-refractivity contribution is -0.140. The monoisotopic (exact) mass is 635 g/mol. The topological polar surface area (TPSA) is 86.8 Å². The highest BCUT2D eigenvalue weighted by Gasteiger charge is 2.35. The lowest BCUT2D eigenvalue weighted by Gasteiger charge is -2.34. The smallest absolute Gasteiger partial charge is 0.264 e. The van der Waals surface area contributed by atoms with Crippen molar-refractivity contribution in [2.45, 2.75) is 62.6 Å². The van der Waals surface area contributed by atoms with Gasteiger partial charge in [-0.1, -0.05) is 78.8 Å². The van der Waals surface area contributed by atoms with Crippen LogP contribution < -0.4 is 9.62 Å². The third-order valence-corrected chi connectivity index (χ3v) is 9.81. The van der Waals surface area contributed by atoms with Gasteiger partial charge in [0.15, 0.2) is 0 Å². The number of hydrogen-bond acceptors (Lipinski definition) is 4. The molecular weight excluding hydrogens is 605 g/mol. The molecule has 0 spiro atoms. The molecule has 0 radical (unpaired) electrons. The molecule has 3 aromatic carbocycles. The molecular formula is C30H32Cl3N3O4S. The molecule has 0 heterocycles. The number of sulfonamides is 1. The number of rotatable bonds is 11. The molecule has 1 unspecified atom stereocenters. The van der Waals surface area contributed by atoms with E-state index in [1.54, 1.807) is 42.5 Å². The minimum atomic E-state index is -4.23. The van der Waals surface area contributed by atoms with E-state index in [-0.39, 0.29) is 29.1 Å². The number of benzene rings is 3. The second-order valence-corrected chi connectivity index (χ2v) is 13.1. The van der Waals surface area contributed by atoms with Gasteiger partial charge in [-0.05, 0) is 73.4 Å². The predicted octanol–water partition coefficient (Wildman–Crippen LogP) is 6.71. The fourth-order valence-electron chi connectivity index (χ4n) is 4.99. The van der Waals surface area contributed by atoms with Crippen LogP contribution in [0, 0.1) is 0 Å². The summed E-state index contributed by atoms with van der Waals surface area (Å²) in [6.07, 6.45) is 4.20. The van der Waals surface area contributed by atoms with Crippen LogP contribution in [0.3, 0.4) is 0 Å². The normalized spacial score (nSPS) is 14.4. The summed E-state index contributed by atoms with van der Waals surface area (Å²) < 4.78 is 28.8. The number of hydrogen-bond donors (Lipinski definition) is 1. The Kier molecular flexibility index (Phi) is 10.6. The molecule has 0 aliphatic heterocycles. The maximum Gasteiger partial charge on any atom is 0.264 e. The summed E-state index contributed by atoms with van der Waals surface area (Å²) in [7, 11) is -4.23. The summed E-state index contributed by atoms with van der Waals surface area (Å²) >= 11 is 18.7. The Hall–Kier alpha value is -2.78. The molecule has 0 aromatic heterocycles. The second kappa shape index (κ2) is 13.9. The van der Waals surface area contributed by atoms with Crippen molar-refractivity contribution >= 4 is 62.3 Å². The van der Waals surface area contributed by atoms with Crippen LogP contribution in [0.25, 0.3) is 0 Å². The van der Waals surface area contributed by atoms with Gasteiger partial charge in [0.1, 0.15) is 12.6 Å². The molecule has 218 valence electrons. The van der Waals surface area contributed by atoms with E-state index in [1.165, 1.54) is 35.2 Å². The van der Waals surface area contributed by atoms with Crippen LogP contribution in [0.1, 0.15) is 44.6 Å². The van der Waals surface area contributed by atoms with Gasteiger partial charge in [-0.25, -0.2) is 8.42 Å². The van der Waals surface area contributed by atoms with Gasteiger partial charge >= 0.3 is 0 Å². The van der Waals surface area contributed by atoms with Gasteiger partial charge in [0.25, 0.3) is 10.0 Å². The molecule has 3 aromatic rings. The van der Waals surface area contributed by atoms with E-state index in [0.29, 0.717) is 27.1 Å². The van der Waals surface area contributed by atoms with Crippen LogP contribution in [-0.4, -0.2) is 43.8 Å². The highest BCUT2D eigenvalue weighted by atomic mass is 35.5. The average molecular weight is 637 g/mol. The van der Waals surface area contributed by atoms with Crippen molar-refractivity contribution in [1.29, 1.82) is 0 Å². The molecule has 11 heteroatoms. The lowest BCUT2D eigenvalue weighted by Crippen LogP contribution is -2.53. The summed E-state index contributed by atoms with van der Waals surface area (Å²) in [4.78, 5) is 29.0. The molecule has 0 bridgehead atoms. The van der Waals surface area contributed by atoms with Crippen molar-refractivity contribution in [3.63, 3.8) is 0 Å². The zero-order chi connectivity index (χ0) is 29.6. The molecule has 1 N–H and O–H groups in total. The zero-order valence-corrected chi connectivity index (χ0v) is 25.7. The van der Waals surface area contributed by atoms with Crippen molar-refractivity contribution in [1.82, 2.24) is 10.2 Å². The van der Waals surface area contributed by atoms with E-state index in [9.17, 15) is 18.0 Å². The molecule has 7 nitrogen and oxygen atoms in total. The quantitative estimate of drug-likeness (QED) is 0.254. The highest BCUT2D eigenvalue weighted by Crippen LogP contribution is 2.28. The maximum absolute atomic E-state index is 14.1. The van der Waals surface area contributed by atoms with Crippen LogP contribution in [0.2, 0.25) is 15.1 Å². The van der Waals surface area contributed by atoms with Gasteiger partial charge in [-0.2, -0.15) is 0 Å². The number of halogens is 3. The Morgan fingerprint density at radius 1 is 0.927 bits per heavy atom. The summed E-state index contributed by atoms with van der Waals surface area (Å²) in [5.41, 5.74) is 0.853. The Bertz CT molecular complexity index is 1480. The standard InChI is InChI=1S/C30H32Cl3N3O4S/c1-2-28(30(38)34-24-10-4-5-11-24)35(19-21-8-3-6-13-27(21)33)29(37)20-36(25-12-7-9-23(32)18-25)41(39,40)26-16-14-22(31)15-17-26/h3,6-9,12-18,24,28H,2,4-5,10-11,19-20H2,1H3,(H,34,38). The fraction of sp³-hybridized carbons (Fsp3) is 0.333. The van der Waals surface area contributed by atoms with Crippen molar-refractivity contribution in [2.24, 2.45) is 0 Å². The third kappa shape index (κ3) is 7.74. The first kappa shape index (κ1) is 31.2. The molecule has 1 saturated carbocycles. The zero-order valence-electron chi connectivity index (χ0n) is 22.6. The van der Waals surface area contributed by atoms with Crippen LogP contribution in [0.4, 0.5) is 5.69 Å². The van der Waals surface area contributed by atoms with Gasteiger partial charge in [0.2, 0.25) is 11.8 Å². The van der Waals surface area contributed by atoms with Crippen molar-refractivity contribution in [3.8, 4) is 0 Å². The Labute approximate surface area is 256 Å². The number of carbonyl (C=O) groups is 2. The highest BCUT2D eigenvalue weighted by molar-refractivity contribution is 7.92. The van der Waals surface area contributed by atoms with E-state index in [1.807, 2.05) is 6.92 Å². The first-order valence-corrected chi connectivity index (χ1v) is 16.0. The van der Waals surface area contributed by atoms with E-state index in [0.717, 1.165) is 30.0 Å². The van der Waals surface area contributed by atoms with Gasteiger partial charge in [0, 0.05) is 27.7 Å². The number of amides is 2. The van der Waals surface area contributed by atoms with Crippen LogP contribution in [0.15, 0.2) is 77.7 Å². The Morgan fingerprint density at radius 2 is 1.61 bits per heavy atom. The van der Waals surface area contributed by atoms with Gasteiger partial charge in [-0.3, -0.25) is 13.9 Å². The van der Waals surface area contributed by atoms with Crippen LogP contribution >= 0.6 is 34.8 Å². The molecule has 1 aliphatic rings. The number of nitrogens with one attached hydrogen (secondary N) is 1. The Morgan fingerprint density at radius 3 is 2.24 bits per heavy atom. The van der Waals surface area contributed by atoms with Crippen LogP contribution in [0.5, 0.6) is 0 Å². The summed E-state index contributed by atoms with van der Waals surface area (Å²) in [6.45, 7) is 1.29. The first-order chi connectivity index (χ1) is 19.6. The van der Waals surface area contributed by atoms with E-state index < -0.39 is 28.5 Å². The lowest BCUT2D eigenvalue weighted by atomic mass is 10.1. The summed E-state index contributed by atoms with van der Waals surface area (Å²) in [5, 5.41) is 4.21. The maximum atomic E-state index is 14.1. The first-order valence-electron chi connectivity index (χ1n) is 13.5. The number of carbonyl (C=O) groups excluding carboxylic acids is 2. The SMILES string of the molecule is CCC(C(=O)NC1CCCC1)N(Cc1ccccc1Cl)C(=O)CN(c1cccc(Cl)c1)S(=O)(=O)c1ccc(Cl)cc1. The molecule has 1 aliphatic carbocycles. The molecule has 1 atom stereocenters. The van der Waals surface area contributed by atoms with E-state index in [2.05, 4.69) is 5.32 Å². The molecule has 0 saturated heterocycles. The van der Waals surface area contributed by atoms with Crippen molar-refractivity contribution < 1.29 is 18.0 Å². The largest absolute Gasteiger partial charge is 0.352 e. The summed E-state index contributed by atoms with van der Waals surface area (Å²) in [6, 6.07) is 18.3. The fourth-order valence-corrected chi connectivity index (χ4v) is 6.90. The summed E-state index contributed by atoms with van der Waals surface area (Å²) in [5.74, 6) is -0.828. The minimum absolute atomic E-state index is 0.0273. The number of nitrogens with zero attached hydrogens (tertiary/aromatic N) is 2. The van der Waals surface area contributed by atoms with Crippen molar-refractivity contribution in [2.75, 3.05) is 10.8 Å². The minimum Gasteiger partial charge on any atom is -0.352 e. The average Bonchev–Trinajstić information content (AvgIpc) is 3.45. The molecule has 2 amide bonds. The predicted molar refractivity (Wildman–Crippen MR) is 164 cm³/mol. The van der Waals surface area contributed by atoms with E-state index in [4.69, 9.17) is 34.8 Å². The van der Waals surface area contributed by atoms with Gasteiger partial charge < -0.3 is 10.2 Å². The van der Waals surface area contributed by atoms with Gasteiger partial charge in [-0.15, -0.1) is 0 Å². The molecule has 41 heavy (non-hydrogen) atoms. The molecule has 4 rings (SSSR count). The van der Waals surface area contributed by atoms with Gasteiger partial charge in [0.05, 0.1) is 10.6 Å². The van der Waals surface area contributed by atoms with Crippen LogP contribution in [-0.2, 0) is 26.2 Å². The Balaban J connectivity index is 1.72. The third-order valence-electron chi connectivity index (χ3n) is 7.16. The van der Waals surface area contributed by atoms with Crippen molar-refractivity contribution in [3.05, 3.63) is 93.4 Å². The van der Waals surface area contributed by atoms with E-state index >= 15 is 0 Å². The number of anilines is 1. The molecule has 1 fully saturated rings.